The number of ether oxygens (including phenoxy) is 2. The van der Waals surface area contributed by atoms with Crippen molar-refractivity contribution in [1.29, 1.82) is 0 Å². The SMILES string of the molecule is COc1ccc([N+](=O)[O-])cc1NC(=O)COc1cccnc1[N+](=O)[O-]. The fourth-order valence-corrected chi connectivity index (χ4v) is 1.87. The summed E-state index contributed by atoms with van der Waals surface area (Å²) in [6.45, 7) is -0.557. The van der Waals surface area contributed by atoms with E-state index in [1.54, 1.807) is 0 Å². The number of nitro groups is 2. The summed E-state index contributed by atoms with van der Waals surface area (Å²) < 4.78 is 10.1. The highest BCUT2D eigenvalue weighted by Gasteiger charge is 2.18. The van der Waals surface area contributed by atoms with Crippen molar-refractivity contribution in [2.75, 3.05) is 19.0 Å². The lowest BCUT2D eigenvalue weighted by Crippen LogP contribution is -2.21. The number of hydrogen-bond donors (Lipinski definition) is 1. The lowest BCUT2D eigenvalue weighted by Gasteiger charge is -2.10. The highest BCUT2D eigenvalue weighted by Crippen LogP contribution is 2.29. The van der Waals surface area contributed by atoms with E-state index in [9.17, 15) is 25.0 Å². The molecule has 0 atom stereocenters. The molecule has 11 heteroatoms. The Labute approximate surface area is 140 Å². The zero-order chi connectivity index (χ0) is 18.4. The number of aromatic nitrogens is 1. The van der Waals surface area contributed by atoms with Crippen molar-refractivity contribution in [2.45, 2.75) is 0 Å². The van der Waals surface area contributed by atoms with Gasteiger partial charge in [0.15, 0.2) is 6.61 Å². The van der Waals surface area contributed by atoms with E-state index in [0.717, 1.165) is 6.07 Å². The molecule has 1 N–H and O–H groups in total. The largest absolute Gasteiger partial charge is 0.495 e. The quantitative estimate of drug-likeness (QED) is 0.589. The van der Waals surface area contributed by atoms with Crippen LogP contribution in [0, 0.1) is 20.2 Å². The van der Waals surface area contributed by atoms with Gasteiger partial charge in [0.2, 0.25) is 5.75 Å². The molecule has 0 aliphatic carbocycles. The maximum absolute atomic E-state index is 12.0. The summed E-state index contributed by atoms with van der Waals surface area (Å²) in [6, 6.07) is 6.41. The van der Waals surface area contributed by atoms with E-state index in [0.29, 0.717) is 0 Å². The van der Waals surface area contributed by atoms with Crippen LogP contribution < -0.4 is 14.8 Å². The van der Waals surface area contributed by atoms with E-state index < -0.39 is 28.2 Å². The highest BCUT2D eigenvalue weighted by molar-refractivity contribution is 5.93. The van der Waals surface area contributed by atoms with Crippen molar-refractivity contribution in [3.05, 3.63) is 56.8 Å². The Morgan fingerprint density at radius 3 is 2.60 bits per heavy atom. The van der Waals surface area contributed by atoms with Gasteiger partial charge in [0.1, 0.15) is 11.9 Å². The molecular formula is C14H12N4O7. The first kappa shape index (κ1) is 17.6. The Hall–Kier alpha value is -3.76. The number of methoxy groups -OCH3 is 1. The fourth-order valence-electron chi connectivity index (χ4n) is 1.87. The number of non-ortho nitro benzene ring substituents is 1. The monoisotopic (exact) mass is 348 g/mol. The van der Waals surface area contributed by atoms with Crippen LogP contribution in [0.1, 0.15) is 0 Å². The second-order valence-electron chi connectivity index (χ2n) is 4.56. The van der Waals surface area contributed by atoms with E-state index in [4.69, 9.17) is 9.47 Å². The molecule has 0 saturated carbocycles. The minimum Gasteiger partial charge on any atom is -0.495 e. The molecule has 1 heterocycles. The summed E-state index contributed by atoms with van der Waals surface area (Å²) in [7, 11) is 1.34. The predicted molar refractivity (Wildman–Crippen MR) is 84.7 cm³/mol. The van der Waals surface area contributed by atoms with Gasteiger partial charge in [-0.2, -0.15) is 0 Å². The van der Waals surface area contributed by atoms with Gasteiger partial charge in [0.25, 0.3) is 11.6 Å². The van der Waals surface area contributed by atoms with Gasteiger partial charge >= 0.3 is 5.82 Å². The van der Waals surface area contributed by atoms with E-state index in [2.05, 4.69) is 10.3 Å². The first-order valence-corrected chi connectivity index (χ1v) is 6.77. The van der Waals surface area contributed by atoms with Crippen LogP contribution in [0.2, 0.25) is 0 Å². The first-order chi connectivity index (χ1) is 11.9. The average Bonchev–Trinajstić information content (AvgIpc) is 2.60. The third-order valence-electron chi connectivity index (χ3n) is 2.95. The standard InChI is InChI=1S/C14H12N4O7/c1-24-11-5-4-9(17(20)21)7-10(11)16-13(19)8-25-12-3-2-6-15-14(12)18(22)23/h2-7H,8H2,1H3,(H,16,19). The number of carbonyl (C=O) groups is 1. The molecule has 1 aromatic heterocycles. The molecule has 0 saturated heterocycles. The maximum atomic E-state index is 12.0. The minimum absolute atomic E-state index is 0.0750. The van der Waals surface area contributed by atoms with Gasteiger partial charge in [0.05, 0.1) is 17.7 Å². The summed E-state index contributed by atoms with van der Waals surface area (Å²) >= 11 is 0. The van der Waals surface area contributed by atoms with E-state index in [-0.39, 0.29) is 22.9 Å². The van der Waals surface area contributed by atoms with E-state index >= 15 is 0 Å². The number of nitro benzene ring substituents is 1. The predicted octanol–water partition coefficient (Wildman–Crippen LogP) is 1.92. The van der Waals surface area contributed by atoms with Gasteiger partial charge in [-0.05, 0) is 28.1 Å². The minimum atomic E-state index is -0.739. The molecule has 0 aliphatic rings. The molecule has 2 aromatic rings. The highest BCUT2D eigenvalue weighted by atomic mass is 16.6. The molecule has 2 rings (SSSR count). The zero-order valence-electron chi connectivity index (χ0n) is 12.9. The molecule has 25 heavy (non-hydrogen) atoms. The average molecular weight is 348 g/mol. The number of benzene rings is 1. The molecule has 11 nitrogen and oxygen atoms in total. The molecule has 1 amide bonds. The van der Waals surface area contributed by atoms with Crippen LogP contribution in [0.3, 0.4) is 0 Å². The van der Waals surface area contributed by atoms with Crippen molar-refractivity contribution in [1.82, 2.24) is 4.98 Å². The van der Waals surface area contributed by atoms with Crippen molar-refractivity contribution in [3.63, 3.8) is 0 Å². The zero-order valence-corrected chi connectivity index (χ0v) is 12.9. The topological polar surface area (TPSA) is 147 Å². The van der Waals surface area contributed by atoms with Crippen LogP contribution in [0.5, 0.6) is 11.5 Å². The van der Waals surface area contributed by atoms with Crippen LogP contribution in [0.15, 0.2) is 36.5 Å². The summed E-state index contributed by atoms with van der Waals surface area (Å²) in [5.41, 5.74) is -0.161. The van der Waals surface area contributed by atoms with Crippen molar-refractivity contribution in [3.8, 4) is 11.5 Å². The number of hydrogen-bond acceptors (Lipinski definition) is 8. The normalized spacial score (nSPS) is 9.96. The molecule has 0 spiro atoms. The first-order valence-electron chi connectivity index (χ1n) is 6.77. The Bertz CT molecular complexity index is 825. The second-order valence-corrected chi connectivity index (χ2v) is 4.56. The lowest BCUT2D eigenvalue weighted by atomic mass is 10.2. The molecule has 0 fully saturated rings. The molecule has 1 aromatic carbocycles. The van der Waals surface area contributed by atoms with Crippen molar-refractivity contribution >= 4 is 23.1 Å². The third-order valence-corrected chi connectivity index (χ3v) is 2.95. The summed E-state index contributed by atoms with van der Waals surface area (Å²) in [5, 5.41) is 24.0. The summed E-state index contributed by atoms with van der Waals surface area (Å²) in [6.07, 6.45) is 1.22. The van der Waals surface area contributed by atoms with Crippen LogP contribution in [-0.4, -0.2) is 34.5 Å². The van der Waals surface area contributed by atoms with Gasteiger partial charge in [-0.15, -0.1) is 0 Å². The Morgan fingerprint density at radius 2 is 1.96 bits per heavy atom. The molecule has 0 bridgehead atoms. The molecule has 0 unspecified atom stereocenters. The van der Waals surface area contributed by atoms with Gasteiger partial charge in [-0.3, -0.25) is 14.9 Å². The maximum Gasteiger partial charge on any atom is 0.406 e. The lowest BCUT2D eigenvalue weighted by molar-refractivity contribution is -0.390. The second kappa shape index (κ2) is 7.68. The summed E-state index contributed by atoms with van der Waals surface area (Å²) in [5.74, 6) is -1.17. The summed E-state index contributed by atoms with van der Waals surface area (Å²) in [4.78, 5) is 35.8. The van der Waals surface area contributed by atoms with Gasteiger partial charge in [0, 0.05) is 12.1 Å². The number of rotatable bonds is 7. The van der Waals surface area contributed by atoms with Crippen LogP contribution in [-0.2, 0) is 4.79 Å². The number of pyridine rings is 1. The molecule has 0 radical (unpaired) electrons. The Balaban J connectivity index is 2.09. The van der Waals surface area contributed by atoms with E-state index in [1.807, 2.05) is 0 Å². The number of amides is 1. The van der Waals surface area contributed by atoms with Gasteiger partial charge in [-0.25, -0.2) is 0 Å². The van der Waals surface area contributed by atoms with Crippen LogP contribution in [0.4, 0.5) is 17.2 Å². The smallest absolute Gasteiger partial charge is 0.406 e. The number of carbonyl (C=O) groups excluding carboxylic acids is 1. The van der Waals surface area contributed by atoms with Crippen molar-refractivity contribution in [2.24, 2.45) is 0 Å². The van der Waals surface area contributed by atoms with Crippen molar-refractivity contribution < 1.29 is 24.1 Å². The number of nitrogens with zero attached hydrogens (tertiary/aromatic N) is 3. The van der Waals surface area contributed by atoms with Crippen LogP contribution in [0.25, 0.3) is 0 Å². The van der Waals surface area contributed by atoms with Gasteiger partial charge < -0.3 is 24.9 Å². The molecular weight excluding hydrogens is 336 g/mol. The molecule has 130 valence electrons. The number of nitrogens with one attached hydrogen (secondary N) is 1. The fraction of sp³-hybridized carbons (Fsp3) is 0.143. The van der Waals surface area contributed by atoms with Gasteiger partial charge in [-0.1, -0.05) is 0 Å². The third kappa shape index (κ3) is 4.37. The Kier molecular flexibility index (Phi) is 5.40. The number of anilines is 1. The van der Waals surface area contributed by atoms with Crippen LogP contribution >= 0.6 is 0 Å². The Morgan fingerprint density at radius 1 is 1.20 bits per heavy atom. The van der Waals surface area contributed by atoms with E-state index in [1.165, 1.54) is 37.6 Å². The molecule has 0 aliphatic heterocycles.